The van der Waals surface area contributed by atoms with Gasteiger partial charge in [-0.2, -0.15) is 9.78 Å². The van der Waals surface area contributed by atoms with Crippen LogP contribution in [-0.2, 0) is 6.54 Å². The number of nitrogens with one attached hydrogen (secondary N) is 2. The standard InChI is InChI=1S/C30H26F4N4O4/c31-24-8-4-3-7-20(24)17-35-29(41)38-26(18-5-1-2-6-18)16-25(37-38)23-14-11-21(15-27(23)39)36-28(40)19-9-12-22(13-10-19)42-30(32,33)34/h3-4,7-16,18,39H,1-2,5-6,17H2,(H,35,41)(H,36,40). The molecular weight excluding hydrogens is 556 g/mol. The smallest absolute Gasteiger partial charge is 0.507 e. The number of alkyl halides is 3. The Labute approximate surface area is 237 Å². The summed E-state index contributed by atoms with van der Waals surface area (Å²) in [6.07, 6.45) is -1.06. The van der Waals surface area contributed by atoms with Gasteiger partial charge >= 0.3 is 12.4 Å². The van der Waals surface area contributed by atoms with Crippen LogP contribution in [0, 0.1) is 5.82 Å². The highest BCUT2D eigenvalue weighted by Crippen LogP contribution is 2.38. The number of amides is 2. The highest BCUT2D eigenvalue weighted by Gasteiger charge is 2.31. The van der Waals surface area contributed by atoms with E-state index >= 15 is 0 Å². The molecule has 5 rings (SSSR count). The zero-order chi connectivity index (χ0) is 29.9. The number of nitrogens with zero attached hydrogens (tertiary/aromatic N) is 2. The summed E-state index contributed by atoms with van der Waals surface area (Å²) in [5, 5.41) is 20.5. The molecule has 0 spiro atoms. The molecule has 0 radical (unpaired) electrons. The number of halogens is 4. The second-order valence-electron chi connectivity index (χ2n) is 9.86. The van der Waals surface area contributed by atoms with Crippen LogP contribution < -0.4 is 15.4 Å². The fraction of sp³-hybridized carbons (Fsp3) is 0.233. The maximum Gasteiger partial charge on any atom is 0.573 e. The lowest BCUT2D eigenvalue weighted by atomic mass is 10.0. The molecule has 3 aromatic carbocycles. The third-order valence-electron chi connectivity index (χ3n) is 6.97. The summed E-state index contributed by atoms with van der Waals surface area (Å²) in [5.41, 5.74) is 1.99. The van der Waals surface area contributed by atoms with Crippen LogP contribution in [0.1, 0.15) is 53.2 Å². The van der Waals surface area contributed by atoms with Gasteiger partial charge in [-0.3, -0.25) is 4.79 Å². The first-order chi connectivity index (χ1) is 20.1. The normalized spacial score (nSPS) is 13.6. The van der Waals surface area contributed by atoms with E-state index < -0.39 is 29.9 Å². The Balaban J connectivity index is 1.33. The van der Waals surface area contributed by atoms with E-state index in [-0.39, 0.29) is 29.5 Å². The molecular formula is C30H26F4N4O4. The second-order valence-corrected chi connectivity index (χ2v) is 9.86. The Hall–Kier alpha value is -4.87. The van der Waals surface area contributed by atoms with E-state index in [4.69, 9.17) is 0 Å². The molecule has 0 aliphatic heterocycles. The van der Waals surface area contributed by atoms with Gasteiger partial charge in [-0.1, -0.05) is 31.0 Å². The molecule has 1 saturated carbocycles. The fourth-order valence-corrected chi connectivity index (χ4v) is 4.93. The molecule has 1 aliphatic rings. The van der Waals surface area contributed by atoms with E-state index in [1.807, 2.05) is 0 Å². The van der Waals surface area contributed by atoms with E-state index in [9.17, 15) is 32.3 Å². The number of carbonyl (C=O) groups excluding carboxylic acids is 2. The van der Waals surface area contributed by atoms with Gasteiger partial charge in [-0.25, -0.2) is 9.18 Å². The van der Waals surface area contributed by atoms with Gasteiger partial charge in [-0.15, -0.1) is 13.2 Å². The minimum absolute atomic E-state index is 0.0253. The summed E-state index contributed by atoms with van der Waals surface area (Å²) in [5.74, 6) is -1.62. The summed E-state index contributed by atoms with van der Waals surface area (Å²) in [7, 11) is 0. The molecule has 1 fully saturated rings. The summed E-state index contributed by atoms with van der Waals surface area (Å²) in [6.45, 7) is -0.0253. The zero-order valence-electron chi connectivity index (χ0n) is 22.1. The molecule has 1 aliphatic carbocycles. The number of hydrogen-bond donors (Lipinski definition) is 3. The van der Waals surface area contributed by atoms with Crippen LogP contribution in [0.15, 0.2) is 72.8 Å². The first kappa shape index (κ1) is 28.7. The number of aromatic hydroxyl groups is 1. The molecule has 8 nitrogen and oxygen atoms in total. The van der Waals surface area contributed by atoms with Gasteiger partial charge in [-0.05, 0) is 61.4 Å². The Morgan fingerprint density at radius 1 is 1.00 bits per heavy atom. The van der Waals surface area contributed by atoms with Crippen LogP contribution >= 0.6 is 0 Å². The molecule has 0 unspecified atom stereocenters. The van der Waals surface area contributed by atoms with Crippen molar-refractivity contribution in [3.05, 3.63) is 95.4 Å². The highest BCUT2D eigenvalue weighted by atomic mass is 19.4. The van der Waals surface area contributed by atoms with E-state index in [1.165, 1.54) is 41.1 Å². The largest absolute Gasteiger partial charge is 0.573 e. The van der Waals surface area contributed by atoms with Crippen LogP contribution in [0.3, 0.4) is 0 Å². The van der Waals surface area contributed by atoms with Crippen LogP contribution in [0.2, 0.25) is 0 Å². The SMILES string of the molecule is O=C(Nc1ccc(-c2cc(C3CCCC3)n(C(=O)NCc3ccccc3F)n2)c(O)c1)c1ccc(OC(F)(F)F)cc1. The van der Waals surface area contributed by atoms with Gasteiger partial charge in [0.25, 0.3) is 5.91 Å². The Bertz CT molecular complexity index is 1600. The van der Waals surface area contributed by atoms with E-state index in [0.717, 1.165) is 37.8 Å². The number of carbonyl (C=O) groups is 2. The summed E-state index contributed by atoms with van der Waals surface area (Å²) >= 11 is 0. The van der Waals surface area contributed by atoms with Gasteiger partial charge in [0.15, 0.2) is 0 Å². The monoisotopic (exact) mass is 582 g/mol. The molecule has 0 saturated heterocycles. The molecule has 12 heteroatoms. The number of phenolic OH excluding ortho intramolecular Hbond substituents is 1. The summed E-state index contributed by atoms with van der Waals surface area (Å²) in [4.78, 5) is 25.7. The first-order valence-electron chi connectivity index (χ1n) is 13.2. The van der Waals surface area contributed by atoms with Crippen molar-refractivity contribution < 1.29 is 37.0 Å². The Morgan fingerprint density at radius 3 is 2.38 bits per heavy atom. The van der Waals surface area contributed by atoms with E-state index in [1.54, 1.807) is 24.3 Å². The average Bonchev–Trinajstić information content (AvgIpc) is 3.63. The van der Waals surface area contributed by atoms with Crippen molar-refractivity contribution in [2.45, 2.75) is 44.5 Å². The molecule has 0 bridgehead atoms. The lowest BCUT2D eigenvalue weighted by molar-refractivity contribution is -0.274. The lowest BCUT2D eigenvalue weighted by Gasteiger charge is -2.12. The number of aromatic nitrogens is 2. The molecule has 1 aromatic heterocycles. The van der Waals surface area contributed by atoms with Crippen LogP contribution in [0.5, 0.6) is 11.5 Å². The van der Waals surface area contributed by atoms with Crippen molar-refractivity contribution >= 4 is 17.6 Å². The quantitative estimate of drug-likeness (QED) is 0.204. The van der Waals surface area contributed by atoms with Crippen molar-refractivity contribution in [2.24, 2.45) is 0 Å². The van der Waals surface area contributed by atoms with Gasteiger partial charge in [0.05, 0.1) is 11.4 Å². The molecule has 42 heavy (non-hydrogen) atoms. The van der Waals surface area contributed by atoms with Crippen molar-refractivity contribution in [1.82, 2.24) is 15.1 Å². The predicted molar refractivity (Wildman–Crippen MR) is 146 cm³/mol. The summed E-state index contributed by atoms with van der Waals surface area (Å²) in [6, 6.07) is 16.1. The molecule has 4 aromatic rings. The second kappa shape index (κ2) is 11.9. The molecule has 3 N–H and O–H groups in total. The van der Waals surface area contributed by atoms with Crippen molar-refractivity contribution in [2.75, 3.05) is 5.32 Å². The van der Waals surface area contributed by atoms with Crippen LogP contribution in [0.25, 0.3) is 11.3 Å². The minimum atomic E-state index is -4.85. The van der Waals surface area contributed by atoms with Crippen molar-refractivity contribution in [1.29, 1.82) is 0 Å². The predicted octanol–water partition coefficient (Wildman–Crippen LogP) is 6.96. The number of ether oxygens (including phenoxy) is 1. The van der Waals surface area contributed by atoms with Crippen LogP contribution in [0.4, 0.5) is 28.0 Å². The van der Waals surface area contributed by atoms with Gasteiger partial charge in [0.1, 0.15) is 17.3 Å². The Kier molecular flexibility index (Phi) is 8.14. The van der Waals surface area contributed by atoms with Crippen LogP contribution in [-0.4, -0.2) is 33.2 Å². The zero-order valence-corrected chi connectivity index (χ0v) is 22.1. The maximum absolute atomic E-state index is 14.0. The van der Waals surface area contributed by atoms with Gasteiger partial charge in [0, 0.05) is 40.9 Å². The number of benzene rings is 3. The average molecular weight is 583 g/mol. The number of hydrogen-bond acceptors (Lipinski definition) is 5. The molecule has 0 atom stereocenters. The van der Waals surface area contributed by atoms with Crippen molar-refractivity contribution in [3.63, 3.8) is 0 Å². The molecule has 2 amide bonds. The number of rotatable bonds is 7. The minimum Gasteiger partial charge on any atom is -0.507 e. The highest BCUT2D eigenvalue weighted by molar-refractivity contribution is 6.04. The molecule has 1 heterocycles. The third kappa shape index (κ3) is 6.70. The van der Waals surface area contributed by atoms with E-state index in [2.05, 4.69) is 20.5 Å². The van der Waals surface area contributed by atoms with Gasteiger partial charge < -0.3 is 20.5 Å². The number of phenols is 1. The fourth-order valence-electron chi connectivity index (χ4n) is 4.93. The lowest BCUT2D eigenvalue weighted by Crippen LogP contribution is -2.31. The van der Waals surface area contributed by atoms with E-state index in [0.29, 0.717) is 22.5 Å². The van der Waals surface area contributed by atoms with Crippen molar-refractivity contribution in [3.8, 4) is 22.8 Å². The Morgan fingerprint density at radius 2 is 1.71 bits per heavy atom. The molecule has 218 valence electrons. The van der Waals surface area contributed by atoms with Gasteiger partial charge in [0.2, 0.25) is 0 Å². The first-order valence-corrected chi connectivity index (χ1v) is 13.2. The third-order valence-corrected chi connectivity index (χ3v) is 6.97. The maximum atomic E-state index is 14.0. The topological polar surface area (TPSA) is 105 Å². The summed E-state index contributed by atoms with van der Waals surface area (Å²) < 4.78 is 56.2. The number of anilines is 1.